The number of benzene rings is 4. The van der Waals surface area contributed by atoms with Crippen molar-refractivity contribution in [3.63, 3.8) is 0 Å². The van der Waals surface area contributed by atoms with Gasteiger partial charge in [0.25, 0.3) is 11.8 Å². The Bertz CT molecular complexity index is 3570. The first-order valence-electron chi connectivity index (χ1n) is 26.2. The third-order valence-corrected chi connectivity index (χ3v) is 14.2. The summed E-state index contributed by atoms with van der Waals surface area (Å²) in [5.41, 5.74) is 21.4. The molecule has 2 saturated heterocycles. The summed E-state index contributed by atoms with van der Waals surface area (Å²) in [7, 11) is 3.94. The van der Waals surface area contributed by atoms with Gasteiger partial charge in [-0.15, -0.1) is 0 Å². The van der Waals surface area contributed by atoms with Gasteiger partial charge >= 0.3 is 0 Å². The lowest BCUT2D eigenvalue weighted by Gasteiger charge is -2.32. The Hall–Kier alpha value is -9.17. The fraction of sp³-hybridized carbons (Fsp3) is 0.288. The van der Waals surface area contributed by atoms with Crippen molar-refractivity contribution in [3.8, 4) is 22.5 Å². The van der Waals surface area contributed by atoms with Gasteiger partial charge in [-0.1, -0.05) is 79.4 Å². The Balaban J connectivity index is 0.000000192. The van der Waals surface area contributed by atoms with Crippen LogP contribution in [0.15, 0.2) is 128 Å². The number of likely N-dealkylation sites (tertiary alicyclic amines) is 2. The number of aromatic nitrogens is 8. The van der Waals surface area contributed by atoms with Crippen LogP contribution in [0.1, 0.15) is 80.7 Å². The molecule has 0 aliphatic carbocycles. The number of amides is 4. The van der Waals surface area contributed by atoms with Crippen molar-refractivity contribution >= 4 is 57.3 Å². The maximum absolute atomic E-state index is 13.4. The molecule has 4 amide bonds. The number of rotatable bonds is 14. The summed E-state index contributed by atoms with van der Waals surface area (Å²) in [4.78, 5) is 73.3. The summed E-state index contributed by atoms with van der Waals surface area (Å²) in [6.07, 6.45) is 11.2. The van der Waals surface area contributed by atoms with Crippen LogP contribution in [-0.4, -0.2) is 125 Å². The average molecular weight is 1070 g/mol. The largest absolute Gasteiger partial charge is 0.383 e. The molecule has 4 aromatic carbocycles. The van der Waals surface area contributed by atoms with Crippen molar-refractivity contribution in [2.75, 3.05) is 58.3 Å². The second-order valence-corrected chi connectivity index (χ2v) is 20.1. The molecule has 20 heteroatoms. The number of aryl methyl sites for hydroxylation is 2. The highest BCUT2D eigenvalue weighted by molar-refractivity contribution is 6.00. The number of nitrogen functional groups attached to an aromatic ring is 2. The summed E-state index contributed by atoms with van der Waals surface area (Å²) in [5, 5.41) is 17.1. The van der Waals surface area contributed by atoms with Crippen LogP contribution in [0.25, 0.3) is 44.6 Å². The Morgan fingerprint density at radius 2 is 1.16 bits per heavy atom. The van der Waals surface area contributed by atoms with Gasteiger partial charge in [0.2, 0.25) is 11.8 Å². The molecule has 4 aromatic heterocycles. The van der Waals surface area contributed by atoms with Gasteiger partial charge in [0.15, 0.2) is 11.3 Å². The molecule has 0 bridgehead atoms. The van der Waals surface area contributed by atoms with Gasteiger partial charge in [-0.05, 0) is 106 Å². The molecule has 6 N–H and O–H groups in total. The lowest BCUT2D eigenvalue weighted by atomic mass is 10.1. The Morgan fingerprint density at radius 1 is 0.671 bits per heavy atom. The van der Waals surface area contributed by atoms with Gasteiger partial charge in [0, 0.05) is 74.1 Å². The molecule has 0 radical (unpaired) electrons. The second kappa shape index (κ2) is 24.4. The average Bonchev–Trinajstić information content (AvgIpc) is 4.30. The fourth-order valence-corrected chi connectivity index (χ4v) is 10.0. The van der Waals surface area contributed by atoms with E-state index in [0.717, 1.165) is 53.5 Å². The molecule has 6 heterocycles. The normalized spacial score (nSPS) is 15.5. The molecule has 8 aromatic rings. The van der Waals surface area contributed by atoms with Crippen LogP contribution in [0.4, 0.5) is 16.0 Å². The first kappa shape index (κ1) is 54.6. The maximum atomic E-state index is 13.4. The molecular formula is C59H64FN15O4. The zero-order chi connectivity index (χ0) is 55.7. The van der Waals surface area contributed by atoms with Crippen LogP contribution in [-0.2, 0) is 22.7 Å². The molecule has 0 saturated carbocycles. The summed E-state index contributed by atoms with van der Waals surface area (Å²) in [5.74, 6) is -0.141. The monoisotopic (exact) mass is 1070 g/mol. The summed E-state index contributed by atoms with van der Waals surface area (Å²) in [6.45, 7) is 11.1. The van der Waals surface area contributed by atoms with Crippen LogP contribution >= 0.6 is 0 Å². The number of likely N-dealkylation sites (N-methyl/N-ethyl adjacent to an activating group) is 1. The minimum Gasteiger partial charge on any atom is -0.383 e. The van der Waals surface area contributed by atoms with Gasteiger partial charge in [-0.25, -0.2) is 33.7 Å². The van der Waals surface area contributed by atoms with E-state index in [-0.39, 0.29) is 41.5 Å². The maximum Gasteiger partial charge on any atom is 0.251 e. The van der Waals surface area contributed by atoms with Crippen molar-refractivity contribution < 1.29 is 23.6 Å². The van der Waals surface area contributed by atoms with Crippen LogP contribution in [0.5, 0.6) is 0 Å². The zero-order valence-electron chi connectivity index (χ0n) is 44.8. The second-order valence-electron chi connectivity index (χ2n) is 20.1. The SMILES string of the molecule is C=CC(=O)N1CCC[C@@H](n2nc(-c3ccc(CNC(=O)c4ccc(F)cc4C)cc3)c3c(N)ncnc32)C1.Cc1ccccc1C(=O)NCc1ccc(-c2nn([C@@H]3CCCN(C(=O)/C=C/CN(C)C)C3)c3ncnc(N)c23)cc1. The van der Waals surface area contributed by atoms with Crippen LogP contribution in [0.2, 0.25) is 0 Å². The number of hydrogen-bond acceptors (Lipinski definition) is 13. The number of fused-ring (bicyclic) bond motifs is 2. The fourth-order valence-electron chi connectivity index (χ4n) is 10.0. The van der Waals surface area contributed by atoms with E-state index in [1.54, 1.807) is 17.9 Å². The standard InChI is InChI=1S/C31H36N8O2.C28H28FN7O2/c1-21-8-4-5-10-25(21)31(41)33-18-22-12-14-23(15-13-22)28-27-29(32)34-20-35-30(27)39(36-28)24-9-6-17-38(19-24)26(40)11-7-16-37(2)3;1-3-23(37)35-12-4-5-21(15-35)36-27-24(26(30)32-16-33-27)25(34-36)19-8-6-18(7-9-19)14-31-28(38)22-11-10-20(29)13-17(22)2/h4-5,7-8,10-15,20,24H,6,9,16-19H2,1-3H3,(H,33,41)(H2,32,34,35);3,6-11,13,16,21H,1,4-5,12,14-15H2,2H3,(H,31,38)(H2,30,32,33)/b11-7+;/t24-;21-/m11/s1. The molecule has 2 aliphatic heterocycles. The minimum absolute atomic E-state index is 0.00693. The number of nitrogens with two attached hydrogens (primary N) is 2. The summed E-state index contributed by atoms with van der Waals surface area (Å²) in [6, 6.07) is 27.1. The number of carbonyl (C=O) groups is 4. The van der Waals surface area contributed by atoms with Gasteiger partial charge < -0.3 is 36.8 Å². The molecule has 0 spiro atoms. The number of halogens is 1. The van der Waals surface area contributed by atoms with Crippen molar-refractivity contribution in [1.82, 2.24) is 64.8 Å². The predicted molar refractivity (Wildman–Crippen MR) is 303 cm³/mol. The lowest BCUT2D eigenvalue weighted by molar-refractivity contribution is -0.128. The molecule has 79 heavy (non-hydrogen) atoms. The van der Waals surface area contributed by atoms with Crippen LogP contribution in [0, 0.1) is 19.7 Å². The third kappa shape index (κ3) is 12.5. The van der Waals surface area contributed by atoms with E-state index in [2.05, 4.69) is 37.1 Å². The molecule has 406 valence electrons. The van der Waals surface area contributed by atoms with E-state index in [4.69, 9.17) is 21.7 Å². The molecule has 10 rings (SSSR count). The van der Waals surface area contributed by atoms with Crippen molar-refractivity contribution in [1.29, 1.82) is 0 Å². The number of hydrogen-bond donors (Lipinski definition) is 4. The molecule has 19 nitrogen and oxygen atoms in total. The van der Waals surface area contributed by atoms with E-state index in [0.29, 0.717) is 108 Å². The number of piperidine rings is 2. The van der Waals surface area contributed by atoms with Gasteiger partial charge in [0.05, 0.1) is 22.9 Å². The predicted octanol–water partition coefficient (Wildman–Crippen LogP) is 7.40. The van der Waals surface area contributed by atoms with Crippen molar-refractivity contribution in [2.45, 2.75) is 64.7 Å². The van der Waals surface area contributed by atoms with Crippen molar-refractivity contribution in [2.24, 2.45) is 0 Å². The van der Waals surface area contributed by atoms with Gasteiger partial charge in [-0.2, -0.15) is 10.2 Å². The highest BCUT2D eigenvalue weighted by Gasteiger charge is 2.30. The van der Waals surface area contributed by atoms with E-state index in [9.17, 15) is 23.6 Å². The van der Waals surface area contributed by atoms with E-state index < -0.39 is 0 Å². The van der Waals surface area contributed by atoms with Crippen molar-refractivity contribution in [3.05, 3.63) is 168 Å². The highest BCUT2D eigenvalue weighted by Crippen LogP contribution is 2.36. The van der Waals surface area contributed by atoms with Gasteiger partial charge in [-0.3, -0.25) is 19.2 Å². The third-order valence-electron chi connectivity index (χ3n) is 14.2. The number of nitrogens with one attached hydrogen (secondary N) is 2. The van der Waals surface area contributed by atoms with Gasteiger partial charge in [0.1, 0.15) is 41.5 Å². The number of carbonyl (C=O) groups excluding carboxylic acids is 4. The number of nitrogens with zero attached hydrogens (tertiary/aromatic N) is 11. The molecule has 2 aliphatic rings. The highest BCUT2D eigenvalue weighted by atomic mass is 19.1. The first-order chi connectivity index (χ1) is 38.2. The smallest absolute Gasteiger partial charge is 0.251 e. The van der Waals surface area contributed by atoms with E-state index in [1.807, 2.05) is 119 Å². The van der Waals surface area contributed by atoms with E-state index in [1.165, 1.54) is 36.9 Å². The number of anilines is 2. The van der Waals surface area contributed by atoms with Crippen LogP contribution < -0.4 is 22.1 Å². The molecule has 2 fully saturated rings. The summed E-state index contributed by atoms with van der Waals surface area (Å²) >= 11 is 0. The molecule has 2 atom stereocenters. The Kier molecular flexibility index (Phi) is 16.9. The topological polar surface area (TPSA) is 241 Å². The summed E-state index contributed by atoms with van der Waals surface area (Å²) < 4.78 is 17.1. The zero-order valence-corrected chi connectivity index (χ0v) is 44.8. The molecule has 0 unspecified atom stereocenters. The molecular weight excluding hydrogens is 1000 g/mol. The van der Waals surface area contributed by atoms with Crippen LogP contribution in [0.3, 0.4) is 0 Å². The van der Waals surface area contributed by atoms with E-state index >= 15 is 0 Å². The quantitative estimate of drug-likeness (QED) is 0.0778. The first-order valence-corrected chi connectivity index (χ1v) is 26.2. The Morgan fingerprint density at radius 3 is 1.65 bits per heavy atom. The minimum atomic E-state index is -0.373. The lowest BCUT2D eigenvalue weighted by Crippen LogP contribution is -2.40. The Labute approximate surface area is 457 Å².